The van der Waals surface area contributed by atoms with E-state index in [0.29, 0.717) is 28.1 Å². The van der Waals surface area contributed by atoms with E-state index in [9.17, 15) is 4.79 Å². The van der Waals surface area contributed by atoms with E-state index in [0.717, 1.165) is 6.54 Å². The van der Waals surface area contributed by atoms with Crippen LogP contribution in [0, 0.1) is 0 Å². The van der Waals surface area contributed by atoms with E-state index >= 15 is 0 Å². The highest BCUT2D eigenvalue weighted by molar-refractivity contribution is 6.43. The molecule has 6 nitrogen and oxygen atoms in total. The second kappa shape index (κ2) is 8.10. The molecule has 8 heteroatoms. The number of benzene rings is 1. The fourth-order valence-electron chi connectivity index (χ4n) is 1.73. The molecule has 0 saturated carbocycles. The number of carbonyl (C=O) groups excluding carboxylic acids is 1. The molecule has 2 aromatic rings. The predicted molar refractivity (Wildman–Crippen MR) is 92.7 cm³/mol. The van der Waals surface area contributed by atoms with Crippen LogP contribution in [0.15, 0.2) is 30.6 Å². The molecule has 0 radical (unpaired) electrons. The molecule has 0 spiro atoms. The number of carbonyl (C=O) groups is 1. The van der Waals surface area contributed by atoms with Gasteiger partial charge >= 0.3 is 0 Å². The van der Waals surface area contributed by atoms with Gasteiger partial charge in [-0.05, 0) is 26.2 Å². The van der Waals surface area contributed by atoms with Crippen molar-refractivity contribution in [2.24, 2.45) is 0 Å². The molecular formula is C15H17Cl2N5O. The summed E-state index contributed by atoms with van der Waals surface area (Å²) >= 11 is 12.1. The van der Waals surface area contributed by atoms with E-state index in [2.05, 4.69) is 20.6 Å². The van der Waals surface area contributed by atoms with Gasteiger partial charge in [-0.1, -0.05) is 29.3 Å². The van der Waals surface area contributed by atoms with Crippen LogP contribution in [0.3, 0.4) is 0 Å². The van der Waals surface area contributed by atoms with Gasteiger partial charge in [-0.15, -0.1) is 0 Å². The summed E-state index contributed by atoms with van der Waals surface area (Å²) < 4.78 is 0. The highest BCUT2D eigenvalue weighted by Gasteiger charge is 2.09. The maximum Gasteiger partial charge on any atom is 0.271 e. The lowest BCUT2D eigenvalue weighted by atomic mass is 10.3. The zero-order valence-corrected chi connectivity index (χ0v) is 14.3. The first kappa shape index (κ1) is 17.5. The second-order valence-corrected chi connectivity index (χ2v) is 5.86. The van der Waals surface area contributed by atoms with Crippen LogP contribution >= 0.6 is 23.2 Å². The highest BCUT2D eigenvalue weighted by atomic mass is 35.5. The van der Waals surface area contributed by atoms with Crippen LogP contribution in [0.25, 0.3) is 0 Å². The molecule has 0 aliphatic heterocycles. The molecule has 1 amide bonds. The zero-order chi connectivity index (χ0) is 16.8. The molecule has 1 aromatic heterocycles. The molecule has 0 atom stereocenters. The van der Waals surface area contributed by atoms with Crippen LogP contribution in [0.1, 0.15) is 10.5 Å². The number of rotatable bonds is 6. The average Bonchev–Trinajstić information content (AvgIpc) is 2.52. The number of anilines is 2. The van der Waals surface area contributed by atoms with Crippen LogP contribution in [0.5, 0.6) is 0 Å². The molecule has 23 heavy (non-hydrogen) atoms. The lowest BCUT2D eigenvalue weighted by Gasteiger charge is -2.10. The number of nitrogens with zero attached hydrogens (tertiary/aromatic N) is 3. The molecule has 0 unspecified atom stereocenters. The molecule has 0 aliphatic carbocycles. The standard InChI is InChI=1S/C15H17Cl2N5O/c1-22(2)7-6-18-15(23)12-8-20-13(9-19-12)21-11-5-3-4-10(16)14(11)17/h3-5,8-9H,6-7H2,1-2H3,(H,18,23)(H,20,21). The van der Waals surface area contributed by atoms with Gasteiger partial charge in [-0.2, -0.15) is 0 Å². The van der Waals surface area contributed by atoms with Gasteiger partial charge in [-0.3, -0.25) is 4.79 Å². The van der Waals surface area contributed by atoms with Gasteiger partial charge in [0.25, 0.3) is 5.91 Å². The smallest absolute Gasteiger partial charge is 0.271 e. The first-order chi connectivity index (χ1) is 11.0. The normalized spacial score (nSPS) is 10.7. The number of amides is 1. The van der Waals surface area contributed by atoms with Crippen molar-refractivity contribution in [3.8, 4) is 0 Å². The Morgan fingerprint density at radius 1 is 1.22 bits per heavy atom. The lowest BCUT2D eigenvalue weighted by molar-refractivity contribution is 0.0945. The Morgan fingerprint density at radius 2 is 2.00 bits per heavy atom. The van der Waals surface area contributed by atoms with Crippen molar-refractivity contribution in [3.63, 3.8) is 0 Å². The van der Waals surface area contributed by atoms with E-state index in [1.165, 1.54) is 12.4 Å². The van der Waals surface area contributed by atoms with E-state index in [1.807, 2.05) is 19.0 Å². The highest BCUT2D eigenvalue weighted by Crippen LogP contribution is 2.30. The van der Waals surface area contributed by atoms with Crippen molar-refractivity contribution in [1.82, 2.24) is 20.2 Å². The summed E-state index contributed by atoms with van der Waals surface area (Å²) in [6.45, 7) is 1.30. The Morgan fingerprint density at radius 3 is 2.65 bits per heavy atom. The first-order valence-electron chi connectivity index (χ1n) is 6.93. The molecule has 1 aromatic carbocycles. The third-order valence-electron chi connectivity index (χ3n) is 2.94. The van der Waals surface area contributed by atoms with E-state index < -0.39 is 0 Å². The summed E-state index contributed by atoms with van der Waals surface area (Å²) in [5, 5.41) is 6.63. The van der Waals surface area contributed by atoms with Gasteiger partial charge in [0.15, 0.2) is 0 Å². The summed E-state index contributed by atoms with van der Waals surface area (Å²) in [6.07, 6.45) is 2.88. The average molecular weight is 354 g/mol. The molecular weight excluding hydrogens is 337 g/mol. The van der Waals surface area contributed by atoms with Gasteiger partial charge in [0.2, 0.25) is 0 Å². The van der Waals surface area contributed by atoms with Crippen LogP contribution < -0.4 is 10.6 Å². The Balaban J connectivity index is 1.99. The zero-order valence-electron chi connectivity index (χ0n) is 12.8. The summed E-state index contributed by atoms with van der Waals surface area (Å²) in [4.78, 5) is 22.1. The fraction of sp³-hybridized carbons (Fsp3) is 0.267. The molecule has 0 aliphatic rings. The third kappa shape index (κ3) is 5.06. The summed E-state index contributed by atoms with van der Waals surface area (Å²) in [5.41, 5.74) is 0.878. The molecule has 0 saturated heterocycles. The van der Waals surface area contributed by atoms with Crippen molar-refractivity contribution in [2.75, 3.05) is 32.5 Å². The Kier molecular flexibility index (Phi) is 6.15. The molecule has 0 fully saturated rings. The van der Waals surface area contributed by atoms with Crippen LogP contribution in [0.2, 0.25) is 10.0 Å². The van der Waals surface area contributed by atoms with Crippen LogP contribution in [0.4, 0.5) is 11.5 Å². The number of nitrogens with one attached hydrogen (secondary N) is 2. The molecule has 122 valence electrons. The topological polar surface area (TPSA) is 70.2 Å². The number of aromatic nitrogens is 2. The monoisotopic (exact) mass is 353 g/mol. The second-order valence-electron chi connectivity index (χ2n) is 5.07. The minimum absolute atomic E-state index is 0.256. The fourth-order valence-corrected chi connectivity index (χ4v) is 2.08. The minimum Gasteiger partial charge on any atom is -0.349 e. The lowest BCUT2D eigenvalue weighted by Crippen LogP contribution is -2.31. The molecule has 1 heterocycles. The van der Waals surface area contributed by atoms with Gasteiger partial charge in [0.1, 0.15) is 11.5 Å². The van der Waals surface area contributed by atoms with Crippen molar-refractivity contribution >= 4 is 40.6 Å². The van der Waals surface area contributed by atoms with Gasteiger partial charge < -0.3 is 15.5 Å². The van der Waals surface area contributed by atoms with Gasteiger partial charge in [0.05, 0.1) is 28.1 Å². The van der Waals surface area contributed by atoms with Crippen LogP contribution in [-0.4, -0.2) is 48.0 Å². The number of halogens is 2. The Bertz CT molecular complexity index is 676. The Labute approximate surface area is 144 Å². The van der Waals surface area contributed by atoms with E-state index in [1.54, 1.807) is 18.2 Å². The van der Waals surface area contributed by atoms with Gasteiger partial charge in [0, 0.05) is 13.1 Å². The minimum atomic E-state index is -0.258. The summed E-state index contributed by atoms with van der Waals surface area (Å²) in [7, 11) is 3.88. The maximum absolute atomic E-state index is 11.9. The van der Waals surface area contributed by atoms with Crippen molar-refractivity contribution in [3.05, 3.63) is 46.3 Å². The Hall–Kier alpha value is -1.89. The predicted octanol–water partition coefficient (Wildman–Crippen LogP) is 2.82. The molecule has 2 rings (SSSR count). The van der Waals surface area contributed by atoms with E-state index in [-0.39, 0.29) is 11.6 Å². The quantitative estimate of drug-likeness (QED) is 0.835. The summed E-state index contributed by atoms with van der Waals surface area (Å²) in [6, 6.07) is 5.25. The van der Waals surface area contributed by atoms with Crippen molar-refractivity contribution in [2.45, 2.75) is 0 Å². The number of hydrogen-bond donors (Lipinski definition) is 2. The van der Waals surface area contributed by atoms with Gasteiger partial charge in [-0.25, -0.2) is 9.97 Å². The largest absolute Gasteiger partial charge is 0.349 e. The van der Waals surface area contributed by atoms with E-state index in [4.69, 9.17) is 23.2 Å². The molecule has 0 bridgehead atoms. The third-order valence-corrected chi connectivity index (χ3v) is 3.76. The van der Waals surface area contributed by atoms with Crippen molar-refractivity contribution < 1.29 is 4.79 Å². The SMILES string of the molecule is CN(C)CCNC(=O)c1cnc(Nc2cccc(Cl)c2Cl)cn1. The first-order valence-corrected chi connectivity index (χ1v) is 7.69. The van der Waals surface area contributed by atoms with Crippen molar-refractivity contribution in [1.29, 1.82) is 0 Å². The van der Waals surface area contributed by atoms with Crippen LogP contribution in [-0.2, 0) is 0 Å². The number of likely N-dealkylation sites (N-methyl/N-ethyl adjacent to an activating group) is 1. The maximum atomic E-state index is 11.9. The molecule has 2 N–H and O–H groups in total. The number of hydrogen-bond acceptors (Lipinski definition) is 5. The summed E-state index contributed by atoms with van der Waals surface area (Å²) in [5.74, 6) is 0.214.